The van der Waals surface area contributed by atoms with Gasteiger partial charge in [-0.2, -0.15) is 0 Å². The van der Waals surface area contributed by atoms with Crippen LogP contribution in [0, 0.1) is 0 Å². The Hall–Kier alpha value is -1.06. The lowest BCUT2D eigenvalue weighted by Crippen LogP contribution is -2.34. The average molecular weight is 276 g/mol. The number of para-hydroxylation sites is 1. The number of nitrogens with one attached hydrogen (secondary N) is 1. The Morgan fingerprint density at radius 1 is 1.35 bits per heavy atom. The topological polar surface area (TPSA) is 24.5 Å². The van der Waals surface area contributed by atoms with Crippen molar-refractivity contribution in [3.05, 3.63) is 29.8 Å². The maximum Gasteiger partial charge on any atom is 0.122 e. The lowest BCUT2D eigenvalue weighted by Gasteiger charge is -2.30. The fourth-order valence-electron chi connectivity index (χ4n) is 3.01. The summed E-state index contributed by atoms with van der Waals surface area (Å²) in [5.74, 6) is 1.72. The van der Waals surface area contributed by atoms with Gasteiger partial charge in [0.15, 0.2) is 0 Å². The Morgan fingerprint density at radius 3 is 2.90 bits per heavy atom. The van der Waals surface area contributed by atoms with Crippen LogP contribution in [0.25, 0.3) is 0 Å². The lowest BCUT2D eigenvalue weighted by atomic mass is 9.86. The molecule has 0 amide bonds. The van der Waals surface area contributed by atoms with Gasteiger partial charge in [-0.25, -0.2) is 0 Å². The van der Waals surface area contributed by atoms with E-state index >= 15 is 0 Å². The summed E-state index contributed by atoms with van der Waals surface area (Å²) in [6.45, 7) is 5.24. The summed E-state index contributed by atoms with van der Waals surface area (Å²) in [5, 5.41) is 3.65. The Kier molecular flexibility index (Phi) is 5.86. The van der Waals surface area contributed by atoms with E-state index in [-0.39, 0.29) is 0 Å². The van der Waals surface area contributed by atoms with Gasteiger partial charge >= 0.3 is 0 Å². The summed E-state index contributed by atoms with van der Waals surface area (Å²) in [6.07, 6.45) is 3.56. The van der Waals surface area contributed by atoms with Crippen molar-refractivity contribution in [3.63, 3.8) is 0 Å². The number of hydrogen-bond donors (Lipinski definition) is 1. The van der Waals surface area contributed by atoms with Gasteiger partial charge in [-0.05, 0) is 64.0 Å². The maximum atomic E-state index is 5.76. The molecule has 0 aromatic heterocycles. The molecule has 0 spiro atoms. The smallest absolute Gasteiger partial charge is 0.122 e. The van der Waals surface area contributed by atoms with Gasteiger partial charge in [0.05, 0.1) is 6.61 Å². The van der Waals surface area contributed by atoms with Crippen LogP contribution in [0.15, 0.2) is 24.3 Å². The molecule has 2 unspecified atom stereocenters. The molecule has 1 heterocycles. The molecule has 1 N–H and O–H groups in total. The molecule has 20 heavy (non-hydrogen) atoms. The SMILES string of the molecule is CCNC(CCN(C)C)CC1CCOc2ccccc21. The monoisotopic (exact) mass is 276 g/mol. The van der Waals surface area contributed by atoms with Crippen molar-refractivity contribution in [2.75, 3.05) is 33.8 Å². The molecule has 1 aliphatic heterocycles. The molecule has 1 aromatic rings. The van der Waals surface area contributed by atoms with Crippen molar-refractivity contribution in [2.45, 2.75) is 38.1 Å². The molecule has 2 atom stereocenters. The molecule has 0 bridgehead atoms. The summed E-state index contributed by atoms with van der Waals surface area (Å²) in [6, 6.07) is 9.12. The van der Waals surface area contributed by atoms with Crippen LogP contribution in [0.2, 0.25) is 0 Å². The first-order chi connectivity index (χ1) is 9.70. The van der Waals surface area contributed by atoms with Gasteiger partial charge in [-0.3, -0.25) is 0 Å². The molecule has 1 aliphatic rings. The van der Waals surface area contributed by atoms with E-state index in [4.69, 9.17) is 4.74 Å². The van der Waals surface area contributed by atoms with E-state index in [0.29, 0.717) is 12.0 Å². The molecular formula is C17H28N2O. The summed E-state index contributed by atoms with van der Waals surface area (Å²) in [4.78, 5) is 2.27. The third-order valence-corrected chi connectivity index (χ3v) is 4.07. The van der Waals surface area contributed by atoms with Crippen molar-refractivity contribution in [2.24, 2.45) is 0 Å². The van der Waals surface area contributed by atoms with Gasteiger partial charge in [0.1, 0.15) is 5.75 Å². The Balaban J connectivity index is 2.00. The zero-order valence-corrected chi connectivity index (χ0v) is 13.1. The molecule has 1 aromatic carbocycles. The first-order valence-electron chi connectivity index (χ1n) is 7.80. The van der Waals surface area contributed by atoms with Crippen LogP contribution in [-0.4, -0.2) is 44.7 Å². The largest absolute Gasteiger partial charge is 0.493 e. The van der Waals surface area contributed by atoms with E-state index in [0.717, 1.165) is 31.9 Å². The van der Waals surface area contributed by atoms with Gasteiger partial charge in [0.2, 0.25) is 0 Å². The van der Waals surface area contributed by atoms with E-state index in [1.54, 1.807) is 0 Å². The van der Waals surface area contributed by atoms with Gasteiger partial charge in [0, 0.05) is 6.04 Å². The van der Waals surface area contributed by atoms with E-state index in [1.807, 2.05) is 0 Å². The third kappa shape index (κ3) is 4.22. The normalized spacial score (nSPS) is 19.5. The number of hydrogen-bond acceptors (Lipinski definition) is 3. The second-order valence-corrected chi connectivity index (χ2v) is 5.95. The average Bonchev–Trinajstić information content (AvgIpc) is 2.45. The van der Waals surface area contributed by atoms with Crippen molar-refractivity contribution in [1.82, 2.24) is 10.2 Å². The molecule has 3 nitrogen and oxygen atoms in total. The van der Waals surface area contributed by atoms with E-state index < -0.39 is 0 Å². The molecule has 0 fully saturated rings. The van der Waals surface area contributed by atoms with E-state index in [2.05, 4.69) is 55.5 Å². The fourth-order valence-corrected chi connectivity index (χ4v) is 3.01. The highest BCUT2D eigenvalue weighted by molar-refractivity contribution is 5.37. The summed E-state index contributed by atoms with van der Waals surface area (Å²) >= 11 is 0. The third-order valence-electron chi connectivity index (χ3n) is 4.07. The number of rotatable bonds is 7. The van der Waals surface area contributed by atoms with Crippen LogP contribution < -0.4 is 10.1 Å². The van der Waals surface area contributed by atoms with Crippen molar-refractivity contribution in [3.8, 4) is 5.75 Å². The second kappa shape index (κ2) is 7.65. The van der Waals surface area contributed by atoms with Gasteiger partial charge in [0.25, 0.3) is 0 Å². The molecule has 112 valence electrons. The van der Waals surface area contributed by atoms with Crippen molar-refractivity contribution >= 4 is 0 Å². The van der Waals surface area contributed by atoms with Crippen LogP contribution in [0.1, 0.15) is 37.7 Å². The predicted molar refractivity (Wildman–Crippen MR) is 84.5 cm³/mol. The van der Waals surface area contributed by atoms with Crippen LogP contribution >= 0.6 is 0 Å². The molecular weight excluding hydrogens is 248 g/mol. The highest BCUT2D eigenvalue weighted by Gasteiger charge is 2.23. The zero-order chi connectivity index (χ0) is 14.4. The quantitative estimate of drug-likeness (QED) is 0.829. The summed E-state index contributed by atoms with van der Waals surface area (Å²) in [5.41, 5.74) is 1.39. The number of nitrogens with zero attached hydrogens (tertiary/aromatic N) is 1. The molecule has 0 radical (unpaired) electrons. The Bertz CT molecular complexity index is 406. The van der Waals surface area contributed by atoms with Crippen LogP contribution in [0.4, 0.5) is 0 Å². The zero-order valence-electron chi connectivity index (χ0n) is 13.1. The Morgan fingerprint density at radius 2 is 2.15 bits per heavy atom. The predicted octanol–water partition coefficient (Wildman–Crippen LogP) is 2.87. The number of benzene rings is 1. The first kappa shape index (κ1) is 15.3. The number of ether oxygens (including phenoxy) is 1. The number of fused-ring (bicyclic) bond motifs is 1. The van der Waals surface area contributed by atoms with Gasteiger partial charge < -0.3 is 15.0 Å². The maximum absolute atomic E-state index is 5.76. The molecule has 0 aliphatic carbocycles. The highest BCUT2D eigenvalue weighted by atomic mass is 16.5. The minimum atomic E-state index is 0.596. The minimum absolute atomic E-state index is 0.596. The molecule has 2 rings (SSSR count). The summed E-state index contributed by atoms with van der Waals surface area (Å²) in [7, 11) is 4.29. The van der Waals surface area contributed by atoms with Crippen molar-refractivity contribution < 1.29 is 4.74 Å². The lowest BCUT2D eigenvalue weighted by molar-refractivity contribution is 0.250. The van der Waals surface area contributed by atoms with Crippen LogP contribution in [0.3, 0.4) is 0 Å². The minimum Gasteiger partial charge on any atom is -0.493 e. The van der Waals surface area contributed by atoms with Crippen LogP contribution in [0.5, 0.6) is 5.75 Å². The van der Waals surface area contributed by atoms with E-state index in [9.17, 15) is 0 Å². The summed E-state index contributed by atoms with van der Waals surface area (Å²) < 4.78 is 5.76. The van der Waals surface area contributed by atoms with Gasteiger partial charge in [-0.1, -0.05) is 25.1 Å². The van der Waals surface area contributed by atoms with Crippen LogP contribution in [-0.2, 0) is 0 Å². The van der Waals surface area contributed by atoms with Gasteiger partial charge in [-0.15, -0.1) is 0 Å². The standard InChI is InChI=1S/C17H28N2O/c1-4-18-15(9-11-19(2)3)13-14-10-12-20-17-8-6-5-7-16(14)17/h5-8,14-15,18H,4,9-13H2,1-3H3. The second-order valence-electron chi connectivity index (χ2n) is 5.95. The first-order valence-corrected chi connectivity index (χ1v) is 7.80. The highest BCUT2D eigenvalue weighted by Crippen LogP contribution is 2.36. The Labute approximate surface area is 123 Å². The molecule has 3 heteroatoms. The fraction of sp³-hybridized carbons (Fsp3) is 0.647. The molecule has 0 saturated heterocycles. The molecule has 0 saturated carbocycles. The van der Waals surface area contributed by atoms with E-state index in [1.165, 1.54) is 18.4 Å². The van der Waals surface area contributed by atoms with Crippen molar-refractivity contribution in [1.29, 1.82) is 0 Å².